The van der Waals surface area contributed by atoms with Gasteiger partial charge in [0.1, 0.15) is 0 Å². The van der Waals surface area contributed by atoms with Gasteiger partial charge in [-0.2, -0.15) is 0 Å². The molecule has 0 amide bonds. The molecule has 0 aliphatic heterocycles. The fraction of sp³-hybridized carbons (Fsp3) is 0.429. The largest absolute Gasteiger partial charge is 0.0888 e. The summed E-state index contributed by atoms with van der Waals surface area (Å²) >= 11 is 5.91. The molecule has 2 heteroatoms. The van der Waals surface area contributed by atoms with Crippen LogP contribution < -0.4 is 0 Å². The molecule has 0 bridgehead atoms. The highest BCUT2D eigenvalue weighted by atomic mass is 35.5. The van der Waals surface area contributed by atoms with Crippen LogP contribution in [0.15, 0.2) is 23.3 Å². The average molecular weight is 159 g/mol. The Morgan fingerprint density at radius 1 is 1.56 bits per heavy atom. The lowest BCUT2D eigenvalue weighted by atomic mass is 10.5. The highest BCUT2D eigenvalue weighted by Gasteiger charge is 2.16. The second kappa shape index (κ2) is 2.71. The highest BCUT2D eigenvalue weighted by Crippen LogP contribution is 2.30. The maximum atomic E-state index is 5.91. The van der Waals surface area contributed by atoms with Crippen molar-refractivity contribution in [1.29, 1.82) is 0 Å². The molecule has 1 atom stereocenters. The zero-order valence-electron chi connectivity index (χ0n) is 5.76. The molecule has 0 aromatic rings. The van der Waals surface area contributed by atoms with E-state index in [0.29, 0.717) is 5.54 Å². The lowest BCUT2D eigenvalue weighted by Gasteiger charge is -2.09. The summed E-state index contributed by atoms with van der Waals surface area (Å²) in [5.74, 6) is 0. The van der Waals surface area contributed by atoms with E-state index in [4.69, 9.17) is 11.6 Å². The van der Waals surface area contributed by atoms with Crippen LogP contribution in [-0.2, 0) is 0 Å². The Morgan fingerprint density at radius 3 is 2.44 bits per heavy atom. The van der Waals surface area contributed by atoms with E-state index in [1.165, 1.54) is 0 Å². The SMILES string of the molecule is C[SiH](C)C1C=CC=C1Cl. The zero-order valence-corrected chi connectivity index (χ0v) is 7.68. The van der Waals surface area contributed by atoms with Crippen molar-refractivity contribution < 1.29 is 0 Å². The van der Waals surface area contributed by atoms with Crippen LogP contribution in [0.1, 0.15) is 0 Å². The molecule has 0 N–H and O–H groups in total. The quantitative estimate of drug-likeness (QED) is 0.515. The van der Waals surface area contributed by atoms with Crippen LogP contribution in [0.5, 0.6) is 0 Å². The predicted molar refractivity (Wildman–Crippen MR) is 45.7 cm³/mol. The third kappa shape index (κ3) is 1.46. The van der Waals surface area contributed by atoms with Crippen LogP contribution in [0, 0.1) is 0 Å². The predicted octanol–water partition coefficient (Wildman–Crippen LogP) is 2.54. The van der Waals surface area contributed by atoms with Crippen molar-refractivity contribution in [3.8, 4) is 0 Å². The van der Waals surface area contributed by atoms with Crippen LogP contribution in [0.25, 0.3) is 0 Å². The van der Waals surface area contributed by atoms with Gasteiger partial charge in [0.25, 0.3) is 0 Å². The van der Waals surface area contributed by atoms with Gasteiger partial charge in [0, 0.05) is 19.4 Å². The molecule has 0 aromatic heterocycles. The number of allylic oxidation sites excluding steroid dienone is 4. The van der Waals surface area contributed by atoms with E-state index in [0.717, 1.165) is 5.03 Å². The Labute approximate surface area is 62.8 Å². The van der Waals surface area contributed by atoms with E-state index in [9.17, 15) is 0 Å². The minimum absolute atomic E-state index is 0.568. The van der Waals surface area contributed by atoms with Crippen molar-refractivity contribution in [3.05, 3.63) is 23.3 Å². The molecule has 0 radical (unpaired) electrons. The van der Waals surface area contributed by atoms with Gasteiger partial charge in [-0.25, -0.2) is 0 Å². The number of hydrogen-bond acceptors (Lipinski definition) is 0. The summed E-state index contributed by atoms with van der Waals surface area (Å²) in [6.07, 6.45) is 6.26. The Bertz CT molecular complexity index is 158. The fourth-order valence-corrected chi connectivity index (χ4v) is 3.23. The van der Waals surface area contributed by atoms with E-state index in [2.05, 4.69) is 25.2 Å². The van der Waals surface area contributed by atoms with Crippen LogP contribution in [-0.4, -0.2) is 8.80 Å². The Kier molecular flexibility index (Phi) is 2.14. The molecule has 0 saturated carbocycles. The number of hydrogen-bond donors (Lipinski definition) is 0. The summed E-state index contributed by atoms with van der Waals surface area (Å²) in [6.45, 7) is 4.63. The highest BCUT2D eigenvalue weighted by molar-refractivity contribution is 6.61. The summed E-state index contributed by atoms with van der Waals surface area (Å²) in [5.41, 5.74) is 0.617. The number of rotatable bonds is 1. The van der Waals surface area contributed by atoms with Crippen LogP contribution in [0.3, 0.4) is 0 Å². The second-order valence-corrected chi connectivity index (χ2v) is 6.35. The van der Waals surface area contributed by atoms with Gasteiger partial charge in [-0.15, -0.1) is 0 Å². The molecule has 0 fully saturated rings. The summed E-state index contributed by atoms with van der Waals surface area (Å²) < 4.78 is 0. The van der Waals surface area contributed by atoms with Crippen LogP contribution in [0.2, 0.25) is 18.6 Å². The van der Waals surface area contributed by atoms with Gasteiger partial charge in [0.2, 0.25) is 0 Å². The molecule has 0 aromatic carbocycles. The smallest absolute Gasteiger partial charge is 0.0447 e. The standard InChI is InChI=1S/C7H11ClSi/c1-9(2)7-5-3-4-6(7)8/h3-5,7,9H,1-2H3. The molecule has 50 valence electrons. The molecular formula is C7H11ClSi. The molecule has 0 saturated heterocycles. The molecule has 1 aliphatic rings. The lowest BCUT2D eigenvalue weighted by Crippen LogP contribution is -2.07. The first-order valence-corrected chi connectivity index (χ1v) is 6.61. The second-order valence-electron chi connectivity index (χ2n) is 2.71. The Balaban J connectivity index is 2.63. The van der Waals surface area contributed by atoms with Gasteiger partial charge in [-0.05, 0) is 6.08 Å². The molecular weight excluding hydrogens is 148 g/mol. The number of halogens is 1. The Hall–Kier alpha value is -0.0131. The Morgan fingerprint density at radius 2 is 2.22 bits per heavy atom. The van der Waals surface area contributed by atoms with Crippen molar-refractivity contribution in [2.75, 3.05) is 0 Å². The van der Waals surface area contributed by atoms with Crippen molar-refractivity contribution in [3.63, 3.8) is 0 Å². The third-order valence-corrected chi connectivity index (χ3v) is 4.22. The maximum absolute atomic E-state index is 5.91. The van der Waals surface area contributed by atoms with Crippen molar-refractivity contribution in [2.24, 2.45) is 0 Å². The van der Waals surface area contributed by atoms with Crippen molar-refractivity contribution >= 4 is 20.4 Å². The van der Waals surface area contributed by atoms with Gasteiger partial charge in [0.05, 0.1) is 0 Å². The summed E-state index contributed by atoms with van der Waals surface area (Å²) in [7, 11) is -0.568. The van der Waals surface area contributed by atoms with Crippen LogP contribution in [0.4, 0.5) is 0 Å². The molecule has 1 unspecified atom stereocenters. The summed E-state index contributed by atoms with van der Waals surface area (Å²) in [6, 6.07) is 0. The summed E-state index contributed by atoms with van der Waals surface area (Å²) in [5, 5.41) is 1.04. The summed E-state index contributed by atoms with van der Waals surface area (Å²) in [4.78, 5) is 0. The maximum Gasteiger partial charge on any atom is 0.0447 e. The molecule has 0 heterocycles. The first kappa shape index (κ1) is 7.10. The minimum Gasteiger partial charge on any atom is -0.0888 e. The molecule has 9 heavy (non-hydrogen) atoms. The van der Waals surface area contributed by atoms with E-state index < -0.39 is 8.80 Å². The van der Waals surface area contributed by atoms with E-state index >= 15 is 0 Å². The molecule has 1 aliphatic carbocycles. The first-order chi connectivity index (χ1) is 4.22. The van der Waals surface area contributed by atoms with E-state index in [1.54, 1.807) is 0 Å². The monoisotopic (exact) mass is 158 g/mol. The topological polar surface area (TPSA) is 0 Å². The van der Waals surface area contributed by atoms with E-state index in [1.807, 2.05) is 6.08 Å². The van der Waals surface area contributed by atoms with Crippen molar-refractivity contribution in [2.45, 2.75) is 18.6 Å². The van der Waals surface area contributed by atoms with Crippen molar-refractivity contribution in [1.82, 2.24) is 0 Å². The first-order valence-electron chi connectivity index (χ1n) is 3.25. The third-order valence-electron chi connectivity index (χ3n) is 1.61. The minimum atomic E-state index is -0.568. The normalized spacial score (nSPS) is 25.3. The van der Waals surface area contributed by atoms with Gasteiger partial charge in [-0.1, -0.05) is 36.8 Å². The molecule has 0 nitrogen and oxygen atoms in total. The zero-order chi connectivity index (χ0) is 6.85. The fourth-order valence-electron chi connectivity index (χ4n) is 1.01. The van der Waals surface area contributed by atoms with E-state index in [-0.39, 0.29) is 0 Å². The lowest BCUT2D eigenvalue weighted by molar-refractivity contribution is 1.32. The molecule has 1 rings (SSSR count). The van der Waals surface area contributed by atoms with Gasteiger partial charge >= 0.3 is 0 Å². The van der Waals surface area contributed by atoms with Gasteiger partial charge in [-0.3, -0.25) is 0 Å². The molecule has 0 spiro atoms. The average Bonchev–Trinajstić information content (AvgIpc) is 2.13. The van der Waals surface area contributed by atoms with Gasteiger partial charge < -0.3 is 0 Å². The van der Waals surface area contributed by atoms with Crippen LogP contribution >= 0.6 is 11.6 Å². The van der Waals surface area contributed by atoms with Gasteiger partial charge in [0.15, 0.2) is 0 Å².